The second-order valence-corrected chi connectivity index (χ2v) is 11.7. The van der Waals surface area contributed by atoms with Crippen molar-refractivity contribution < 1.29 is 15.0 Å². The van der Waals surface area contributed by atoms with Gasteiger partial charge in [-0.1, -0.05) is 48.9 Å². The van der Waals surface area contributed by atoms with Crippen LogP contribution in [0, 0.1) is 23.7 Å². The number of anilines is 1. The van der Waals surface area contributed by atoms with E-state index in [1.807, 2.05) is 31.2 Å². The maximum Gasteiger partial charge on any atom is 0.226 e. The van der Waals surface area contributed by atoms with Crippen LogP contribution in [0.25, 0.3) is 11.2 Å². The highest BCUT2D eigenvalue weighted by Crippen LogP contribution is 2.51. The molecule has 202 valence electrons. The van der Waals surface area contributed by atoms with Gasteiger partial charge in [-0.25, -0.2) is 15.0 Å². The molecule has 1 amide bonds. The minimum Gasteiger partial charge on any atom is -0.384 e. The van der Waals surface area contributed by atoms with E-state index in [0.29, 0.717) is 27.9 Å². The van der Waals surface area contributed by atoms with Crippen LogP contribution in [0.4, 0.5) is 5.82 Å². The highest BCUT2D eigenvalue weighted by atomic mass is 35.5. The van der Waals surface area contributed by atoms with E-state index in [4.69, 9.17) is 11.6 Å². The quantitative estimate of drug-likeness (QED) is 0.265. The first-order valence-corrected chi connectivity index (χ1v) is 13.8. The van der Waals surface area contributed by atoms with Gasteiger partial charge in [-0.3, -0.25) is 9.36 Å². The van der Waals surface area contributed by atoms with E-state index >= 15 is 0 Å². The van der Waals surface area contributed by atoms with Gasteiger partial charge in [0.1, 0.15) is 5.60 Å². The fraction of sp³-hybridized carbons (Fsp3) is 0.357. The first-order valence-electron chi connectivity index (χ1n) is 12.6. The average Bonchev–Trinajstić information content (AvgIpc) is 3.58. The molecule has 1 aromatic carbocycles. The van der Waals surface area contributed by atoms with Crippen LogP contribution in [0.2, 0.25) is 4.34 Å². The molecule has 0 bridgehead atoms. The third kappa shape index (κ3) is 4.99. The number of amides is 1. The molecule has 1 aliphatic rings. The Kier molecular flexibility index (Phi) is 7.35. The zero-order valence-corrected chi connectivity index (χ0v) is 23.3. The van der Waals surface area contributed by atoms with Crippen molar-refractivity contribution in [3.63, 3.8) is 0 Å². The molecule has 0 aliphatic heterocycles. The number of hydrogen-bond acceptors (Lipinski definition) is 8. The maximum atomic E-state index is 12.7. The van der Waals surface area contributed by atoms with Gasteiger partial charge in [-0.15, -0.1) is 11.3 Å². The van der Waals surface area contributed by atoms with Crippen LogP contribution in [0.1, 0.15) is 36.5 Å². The van der Waals surface area contributed by atoms with Crippen molar-refractivity contribution in [2.75, 3.05) is 18.9 Å². The molecular formula is C28H29ClN6O3S. The minimum atomic E-state index is -1.85. The third-order valence-corrected chi connectivity index (χ3v) is 8.48. The van der Waals surface area contributed by atoms with Crippen molar-refractivity contribution in [3.8, 4) is 11.8 Å². The monoisotopic (exact) mass is 564 g/mol. The number of benzene rings is 1. The molecule has 1 fully saturated rings. The van der Waals surface area contributed by atoms with Gasteiger partial charge in [0.2, 0.25) is 11.7 Å². The molecule has 4 aromatic rings. The minimum absolute atomic E-state index is 0.124. The standard InChI is InChI=1S/C28H29ClN6O3S/c1-17-15-28(38,27(2,37)22(17)26(36)30-3)35-16-32-23-24(31-14-13-18-7-5-4-6-8-18)33-21(34-25(23)35)12-10-19-9-11-20(29)39-19/h4-9,11,16-17,22,37-38H,13-15H2,1-3H3,(H,30,36)(H,31,33,34)/t17-,22-,27+,28+/m1/s1. The maximum absolute atomic E-state index is 12.7. The predicted molar refractivity (Wildman–Crippen MR) is 151 cm³/mol. The largest absolute Gasteiger partial charge is 0.384 e. The number of carbonyl (C=O) groups excluding carboxylic acids is 1. The topological polar surface area (TPSA) is 125 Å². The molecule has 4 N–H and O–H groups in total. The lowest BCUT2D eigenvalue weighted by molar-refractivity contribution is -0.189. The summed E-state index contributed by atoms with van der Waals surface area (Å²) >= 11 is 7.40. The van der Waals surface area contributed by atoms with E-state index in [9.17, 15) is 15.0 Å². The second-order valence-electron chi connectivity index (χ2n) is 9.94. The Hall–Kier alpha value is -3.49. The van der Waals surface area contributed by atoms with Crippen molar-refractivity contribution in [1.29, 1.82) is 0 Å². The Balaban J connectivity index is 1.57. The van der Waals surface area contributed by atoms with Gasteiger partial charge in [0.15, 0.2) is 22.7 Å². The highest BCUT2D eigenvalue weighted by Gasteiger charge is 2.63. The molecule has 0 unspecified atom stereocenters. The molecule has 0 saturated heterocycles. The Morgan fingerprint density at radius 3 is 2.67 bits per heavy atom. The number of halogens is 1. The summed E-state index contributed by atoms with van der Waals surface area (Å²) < 4.78 is 2.07. The van der Waals surface area contributed by atoms with E-state index in [0.717, 1.165) is 11.3 Å². The molecule has 1 saturated carbocycles. The van der Waals surface area contributed by atoms with E-state index in [2.05, 4.69) is 49.6 Å². The average molecular weight is 565 g/mol. The number of imidazole rings is 1. The summed E-state index contributed by atoms with van der Waals surface area (Å²) in [5, 5.41) is 29.5. The summed E-state index contributed by atoms with van der Waals surface area (Å²) in [5.41, 5.74) is -1.76. The first kappa shape index (κ1) is 27.1. The normalized spacial score (nSPS) is 24.4. The van der Waals surface area contributed by atoms with E-state index in [-0.39, 0.29) is 24.1 Å². The Labute approximate surface area is 235 Å². The zero-order chi connectivity index (χ0) is 27.8. The van der Waals surface area contributed by atoms with E-state index < -0.39 is 17.2 Å². The molecule has 3 aromatic heterocycles. The molecule has 9 nitrogen and oxygen atoms in total. The number of nitrogens with one attached hydrogen (secondary N) is 2. The predicted octanol–water partition coefficient (Wildman–Crippen LogP) is 3.39. The van der Waals surface area contributed by atoms with Crippen LogP contribution in [-0.2, 0) is 16.9 Å². The molecule has 1 aliphatic carbocycles. The van der Waals surface area contributed by atoms with Gasteiger partial charge in [0, 0.05) is 20.0 Å². The van der Waals surface area contributed by atoms with Crippen LogP contribution in [-0.4, -0.2) is 54.8 Å². The van der Waals surface area contributed by atoms with Crippen molar-refractivity contribution >= 4 is 45.8 Å². The van der Waals surface area contributed by atoms with Gasteiger partial charge in [0.25, 0.3) is 0 Å². The number of carbonyl (C=O) groups is 1. The fourth-order valence-corrected chi connectivity index (χ4v) is 6.30. The zero-order valence-electron chi connectivity index (χ0n) is 21.8. The molecule has 5 rings (SSSR count). The Bertz CT molecular complexity index is 1570. The van der Waals surface area contributed by atoms with Crippen LogP contribution < -0.4 is 10.6 Å². The number of rotatable bonds is 6. The Morgan fingerprint density at radius 2 is 1.97 bits per heavy atom. The number of hydrogen-bond donors (Lipinski definition) is 4. The van der Waals surface area contributed by atoms with Crippen LogP contribution >= 0.6 is 22.9 Å². The molecular weight excluding hydrogens is 536 g/mol. The molecule has 3 heterocycles. The summed E-state index contributed by atoms with van der Waals surface area (Å²) in [6, 6.07) is 13.7. The van der Waals surface area contributed by atoms with Crippen LogP contribution in [0.5, 0.6) is 0 Å². The molecule has 0 radical (unpaired) electrons. The van der Waals surface area contributed by atoms with Crippen molar-refractivity contribution in [2.45, 2.75) is 38.0 Å². The van der Waals surface area contributed by atoms with Gasteiger partial charge in [0.05, 0.1) is 21.5 Å². The lowest BCUT2D eigenvalue weighted by Gasteiger charge is -2.38. The van der Waals surface area contributed by atoms with Gasteiger partial charge >= 0.3 is 0 Å². The van der Waals surface area contributed by atoms with Crippen LogP contribution in [0.3, 0.4) is 0 Å². The molecule has 39 heavy (non-hydrogen) atoms. The van der Waals surface area contributed by atoms with Crippen molar-refractivity contribution in [2.24, 2.45) is 11.8 Å². The lowest BCUT2D eigenvalue weighted by atomic mass is 9.84. The molecule has 11 heteroatoms. The van der Waals surface area contributed by atoms with Gasteiger partial charge in [-0.05, 0) is 48.8 Å². The summed E-state index contributed by atoms with van der Waals surface area (Å²) in [7, 11) is 1.52. The van der Waals surface area contributed by atoms with Crippen molar-refractivity contribution in [3.05, 3.63) is 69.4 Å². The lowest BCUT2D eigenvalue weighted by Crippen LogP contribution is -2.55. The third-order valence-electron chi connectivity index (χ3n) is 7.33. The Morgan fingerprint density at radius 1 is 1.21 bits per heavy atom. The highest BCUT2D eigenvalue weighted by molar-refractivity contribution is 7.16. The van der Waals surface area contributed by atoms with E-state index in [1.165, 1.54) is 41.8 Å². The molecule has 4 atom stereocenters. The van der Waals surface area contributed by atoms with E-state index in [1.54, 1.807) is 6.07 Å². The van der Waals surface area contributed by atoms with Crippen molar-refractivity contribution in [1.82, 2.24) is 24.8 Å². The second kappa shape index (κ2) is 10.6. The molecule has 0 spiro atoms. The van der Waals surface area contributed by atoms with Gasteiger partial charge in [-0.2, -0.15) is 0 Å². The number of nitrogens with zero attached hydrogens (tertiary/aromatic N) is 4. The number of aromatic nitrogens is 4. The first-order chi connectivity index (χ1) is 18.6. The van der Waals surface area contributed by atoms with Crippen LogP contribution in [0.15, 0.2) is 48.8 Å². The smallest absolute Gasteiger partial charge is 0.226 e. The summed E-state index contributed by atoms with van der Waals surface area (Å²) in [4.78, 5) is 27.2. The van der Waals surface area contributed by atoms with Gasteiger partial charge < -0.3 is 20.8 Å². The fourth-order valence-electron chi connectivity index (χ4n) is 5.41. The summed E-state index contributed by atoms with van der Waals surface area (Å²) in [5.74, 6) is 5.22. The number of fused-ring (bicyclic) bond motifs is 1. The number of thiophene rings is 1. The number of aliphatic hydroxyl groups is 2. The SMILES string of the molecule is CNC(=O)[C@H]1[C@H](C)C[C@@](O)(n2cnc3c(NCCc4ccccc4)nc(C#Cc4ccc(Cl)s4)nc32)[C@@]1(C)O. The summed E-state index contributed by atoms with van der Waals surface area (Å²) in [6.45, 7) is 3.89. The summed E-state index contributed by atoms with van der Waals surface area (Å²) in [6.07, 6.45) is 2.32.